The molecule has 1 unspecified atom stereocenters. The molecule has 0 saturated carbocycles. The van der Waals surface area contributed by atoms with Crippen LogP contribution in [0.1, 0.15) is 56.2 Å². The van der Waals surface area contributed by atoms with Gasteiger partial charge in [-0.3, -0.25) is 0 Å². The molecule has 5 rings (SSSR count). The van der Waals surface area contributed by atoms with Crippen molar-refractivity contribution in [3.63, 3.8) is 0 Å². The molecule has 1 aliphatic heterocycles. The van der Waals surface area contributed by atoms with E-state index in [0.29, 0.717) is 12.0 Å². The number of fused-ring (bicyclic) bond motifs is 2. The van der Waals surface area contributed by atoms with Crippen molar-refractivity contribution in [2.75, 3.05) is 6.61 Å². The maximum absolute atomic E-state index is 13.7. The van der Waals surface area contributed by atoms with Crippen LogP contribution in [0, 0.1) is 0 Å². The number of alkyl halides is 1. The molecule has 0 amide bonds. The van der Waals surface area contributed by atoms with Crippen LogP contribution < -0.4 is 0 Å². The summed E-state index contributed by atoms with van der Waals surface area (Å²) in [6.07, 6.45) is 3.95. The molecular formula is C27H22BFO4S. The highest BCUT2D eigenvalue weighted by molar-refractivity contribution is 8.01. The molecule has 7 heteroatoms. The van der Waals surface area contributed by atoms with E-state index < -0.39 is 23.3 Å². The number of halogens is 1. The second-order valence-corrected chi connectivity index (χ2v) is 10.2. The normalized spacial score (nSPS) is 23.6. The van der Waals surface area contributed by atoms with Crippen molar-refractivity contribution in [3.8, 4) is 0 Å². The molecule has 1 fully saturated rings. The van der Waals surface area contributed by atoms with Crippen molar-refractivity contribution in [1.29, 1.82) is 0 Å². The van der Waals surface area contributed by atoms with Crippen molar-refractivity contribution in [1.82, 2.24) is 0 Å². The molecule has 4 atom stereocenters. The molecule has 0 spiro atoms. The maximum Gasteiger partial charge on any atom is 0.338 e. The number of hydrogen-bond acceptors (Lipinski definition) is 4. The van der Waals surface area contributed by atoms with Crippen LogP contribution in [0.5, 0.6) is 0 Å². The Labute approximate surface area is 202 Å². The first-order chi connectivity index (χ1) is 16.4. The van der Waals surface area contributed by atoms with E-state index in [4.69, 9.17) is 12.6 Å². The standard InChI is InChI=1S/C27H22BFO4S/c28-25-24(29)13-19(34-25)14-33-27(32)18-10-16-4-1-2-6-20(16)23(12-18)21-7-3-5-15-8-9-17(26(30)31)11-22(15)21/h1-6,8-12,19,21,24-25H,7,13-14H2,(H,30,31)/t19-,21?,24-,25-/m0/s1. The van der Waals surface area contributed by atoms with E-state index in [1.165, 1.54) is 11.8 Å². The monoisotopic (exact) mass is 472 g/mol. The van der Waals surface area contributed by atoms with Gasteiger partial charge in [0.15, 0.2) is 0 Å². The summed E-state index contributed by atoms with van der Waals surface area (Å²) < 4.78 is 19.3. The molecule has 34 heavy (non-hydrogen) atoms. The van der Waals surface area contributed by atoms with Gasteiger partial charge in [-0.05, 0) is 69.7 Å². The van der Waals surface area contributed by atoms with Gasteiger partial charge in [0.05, 0.1) is 19.0 Å². The number of carboxylic acid groups (broad SMARTS) is 1. The minimum absolute atomic E-state index is 0.104. The van der Waals surface area contributed by atoms with E-state index >= 15 is 0 Å². The SMILES string of the molecule is [B][C@H]1S[C@H](COC(=O)c2cc(C3CC=Cc4ccc(C(=O)O)cc43)c3ccccc3c2)C[C@@H]1F. The zero-order chi connectivity index (χ0) is 23.8. The minimum atomic E-state index is -1.09. The van der Waals surface area contributed by atoms with Gasteiger partial charge >= 0.3 is 11.9 Å². The van der Waals surface area contributed by atoms with Crippen LogP contribution in [0.25, 0.3) is 16.8 Å². The lowest BCUT2D eigenvalue weighted by molar-refractivity contribution is 0.0501. The van der Waals surface area contributed by atoms with Gasteiger partial charge in [0.1, 0.15) is 12.8 Å². The maximum atomic E-state index is 13.7. The molecule has 170 valence electrons. The van der Waals surface area contributed by atoms with Gasteiger partial charge in [-0.1, -0.05) is 42.5 Å². The van der Waals surface area contributed by atoms with E-state index in [9.17, 15) is 19.1 Å². The number of benzene rings is 3. The number of esters is 1. The number of hydrogen-bond donors (Lipinski definition) is 1. The topological polar surface area (TPSA) is 63.6 Å². The summed E-state index contributed by atoms with van der Waals surface area (Å²) in [4.78, 5) is 24.6. The number of allylic oxidation sites excluding steroid dienone is 1. The van der Waals surface area contributed by atoms with Gasteiger partial charge in [-0.15, -0.1) is 0 Å². The second kappa shape index (κ2) is 9.30. The summed E-state index contributed by atoms with van der Waals surface area (Å²) in [5, 5.41) is 10.7. The number of carbonyl (C=O) groups excluding carboxylic acids is 1. The highest BCUT2D eigenvalue weighted by Gasteiger charge is 2.32. The Hall–Kier alpha value is -3.06. The summed E-state index contributed by atoms with van der Waals surface area (Å²) in [6.45, 7) is 0.108. The Morgan fingerprint density at radius 1 is 1.09 bits per heavy atom. The first-order valence-electron chi connectivity index (χ1n) is 11.2. The summed E-state index contributed by atoms with van der Waals surface area (Å²) in [5.41, 5.74) is 3.48. The molecule has 0 aromatic heterocycles. The molecule has 1 saturated heterocycles. The molecule has 0 bridgehead atoms. The summed E-state index contributed by atoms with van der Waals surface area (Å²) >= 11 is 1.31. The lowest BCUT2D eigenvalue weighted by atomic mass is 9.79. The predicted octanol–water partition coefficient (Wildman–Crippen LogP) is 5.58. The molecule has 3 aromatic carbocycles. The Morgan fingerprint density at radius 2 is 1.88 bits per heavy atom. The quantitative estimate of drug-likeness (QED) is 0.388. The van der Waals surface area contributed by atoms with Gasteiger partial charge in [-0.2, -0.15) is 11.8 Å². The van der Waals surface area contributed by atoms with E-state index in [0.717, 1.165) is 27.5 Å². The van der Waals surface area contributed by atoms with Crippen LogP contribution in [0.3, 0.4) is 0 Å². The van der Waals surface area contributed by atoms with Gasteiger partial charge in [0, 0.05) is 11.2 Å². The molecule has 2 radical (unpaired) electrons. The Morgan fingerprint density at radius 3 is 2.65 bits per heavy atom. The van der Waals surface area contributed by atoms with Crippen LogP contribution in [0.2, 0.25) is 0 Å². The van der Waals surface area contributed by atoms with Crippen LogP contribution in [0.4, 0.5) is 4.39 Å². The Bertz CT molecular complexity index is 1300. The number of thioether (sulfide) groups is 1. The van der Waals surface area contributed by atoms with E-state index in [1.807, 2.05) is 42.5 Å². The molecule has 1 heterocycles. The average molecular weight is 472 g/mol. The number of carbonyl (C=O) groups is 2. The molecule has 2 aliphatic rings. The molecular weight excluding hydrogens is 450 g/mol. The minimum Gasteiger partial charge on any atom is -0.478 e. The number of ether oxygens (including phenoxy) is 1. The van der Waals surface area contributed by atoms with Crippen LogP contribution in [-0.4, -0.2) is 48.1 Å². The van der Waals surface area contributed by atoms with E-state index in [1.54, 1.807) is 18.2 Å². The molecule has 3 aromatic rings. The fourth-order valence-electron chi connectivity index (χ4n) is 4.77. The fourth-order valence-corrected chi connectivity index (χ4v) is 5.94. The predicted molar refractivity (Wildman–Crippen MR) is 134 cm³/mol. The van der Waals surface area contributed by atoms with Crippen LogP contribution in [-0.2, 0) is 4.74 Å². The second-order valence-electron chi connectivity index (χ2n) is 8.70. The number of carboxylic acids is 1. The number of rotatable bonds is 5. The van der Waals surface area contributed by atoms with Crippen molar-refractivity contribution in [2.24, 2.45) is 0 Å². The lowest BCUT2D eigenvalue weighted by Gasteiger charge is -2.25. The first kappa shape index (κ1) is 22.7. The highest BCUT2D eigenvalue weighted by atomic mass is 32.2. The zero-order valence-electron chi connectivity index (χ0n) is 18.3. The first-order valence-corrected chi connectivity index (χ1v) is 12.1. The van der Waals surface area contributed by atoms with Crippen LogP contribution in [0.15, 0.2) is 60.7 Å². The third-order valence-electron chi connectivity index (χ3n) is 6.48. The summed E-state index contributed by atoms with van der Waals surface area (Å²) in [6, 6.07) is 16.6. The Kier molecular flexibility index (Phi) is 6.21. The van der Waals surface area contributed by atoms with Crippen molar-refractivity contribution in [2.45, 2.75) is 35.3 Å². The smallest absolute Gasteiger partial charge is 0.338 e. The zero-order valence-corrected chi connectivity index (χ0v) is 19.1. The molecule has 4 nitrogen and oxygen atoms in total. The lowest BCUT2D eigenvalue weighted by Crippen LogP contribution is -2.16. The van der Waals surface area contributed by atoms with E-state index in [-0.39, 0.29) is 29.8 Å². The van der Waals surface area contributed by atoms with Gasteiger partial charge in [0.25, 0.3) is 0 Å². The summed E-state index contributed by atoms with van der Waals surface area (Å²) in [7, 11) is 5.72. The van der Waals surface area contributed by atoms with Crippen molar-refractivity contribution < 1.29 is 23.8 Å². The largest absolute Gasteiger partial charge is 0.478 e. The van der Waals surface area contributed by atoms with Crippen molar-refractivity contribution in [3.05, 3.63) is 88.5 Å². The van der Waals surface area contributed by atoms with Gasteiger partial charge in [-0.25, -0.2) is 14.0 Å². The van der Waals surface area contributed by atoms with Gasteiger partial charge in [0.2, 0.25) is 0 Å². The van der Waals surface area contributed by atoms with Crippen LogP contribution >= 0.6 is 11.8 Å². The van der Waals surface area contributed by atoms with Gasteiger partial charge < -0.3 is 9.84 Å². The fraction of sp³-hybridized carbons (Fsp3) is 0.259. The third kappa shape index (κ3) is 4.37. The molecule has 1 aliphatic carbocycles. The highest BCUT2D eigenvalue weighted by Crippen LogP contribution is 2.40. The molecule has 1 N–H and O–H groups in total. The third-order valence-corrected chi connectivity index (χ3v) is 7.80. The average Bonchev–Trinajstić information content (AvgIpc) is 3.18. The van der Waals surface area contributed by atoms with Crippen molar-refractivity contribution >= 4 is 48.4 Å². The van der Waals surface area contributed by atoms with E-state index in [2.05, 4.69) is 6.08 Å². The number of aromatic carboxylic acids is 1. The summed E-state index contributed by atoms with van der Waals surface area (Å²) in [5.74, 6) is -1.54. The Balaban J connectivity index is 1.50.